The van der Waals surface area contributed by atoms with Crippen LogP contribution in [-0.4, -0.2) is 47.7 Å². The standard InChI is InChI=1S/C48H49NO6/c1-47(2,3)54-46(51)55-49-30-40(34-53-48(41-17-7-4-8-18-41,42-19-9-5-10-20-42)43-21-11-6-12-22-43)45(38-27-23-35(32-50)24-28-38)44(31-49)52-33-36-25-26-37-15-13-14-16-39(37)29-36/h4-29,40,44-45,50H,30-34H2,1-3H3. The minimum atomic E-state index is -0.954. The molecule has 1 aliphatic heterocycles. The van der Waals surface area contributed by atoms with Crippen LogP contribution in [0.15, 0.2) is 158 Å². The second kappa shape index (κ2) is 17.0. The van der Waals surface area contributed by atoms with Gasteiger partial charge >= 0.3 is 6.16 Å². The number of piperidine rings is 1. The zero-order chi connectivity index (χ0) is 38.3. The minimum absolute atomic E-state index is 0.0510. The monoisotopic (exact) mass is 735 g/mol. The Hall–Kier alpha value is -5.31. The second-order valence-corrected chi connectivity index (χ2v) is 15.2. The van der Waals surface area contributed by atoms with E-state index in [4.69, 9.17) is 19.0 Å². The molecule has 0 amide bonds. The molecule has 7 rings (SSSR count). The third-order valence-corrected chi connectivity index (χ3v) is 10.2. The molecule has 6 aromatic carbocycles. The number of nitrogens with zero attached hydrogens (tertiary/aromatic N) is 1. The van der Waals surface area contributed by atoms with Crippen LogP contribution in [0.5, 0.6) is 0 Å². The van der Waals surface area contributed by atoms with E-state index >= 15 is 0 Å². The zero-order valence-electron chi connectivity index (χ0n) is 31.7. The maximum atomic E-state index is 13.2. The van der Waals surface area contributed by atoms with Crippen LogP contribution in [0.1, 0.15) is 60.1 Å². The summed E-state index contributed by atoms with van der Waals surface area (Å²) in [6, 6.07) is 53.7. The van der Waals surface area contributed by atoms with Crippen molar-refractivity contribution in [1.82, 2.24) is 5.06 Å². The van der Waals surface area contributed by atoms with Crippen molar-refractivity contribution in [1.29, 1.82) is 0 Å². The number of rotatable bonds is 12. The Morgan fingerprint density at radius 3 is 1.78 bits per heavy atom. The molecule has 0 aliphatic carbocycles. The molecule has 1 heterocycles. The van der Waals surface area contributed by atoms with Crippen LogP contribution in [0, 0.1) is 5.92 Å². The van der Waals surface area contributed by atoms with E-state index in [0.29, 0.717) is 19.7 Å². The molecule has 1 aliphatic rings. The van der Waals surface area contributed by atoms with Crippen molar-refractivity contribution in [3.8, 4) is 0 Å². The Morgan fingerprint density at radius 2 is 1.22 bits per heavy atom. The fourth-order valence-electron chi connectivity index (χ4n) is 7.69. The normalized spacial score (nSPS) is 17.9. The molecule has 6 aromatic rings. The smallest absolute Gasteiger partial charge is 0.427 e. The highest BCUT2D eigenvalue weighted by Gasteiger charge is 2.44. The zero-order valence-corrected chi connectivity index (χ0v) is 31.7. The average molecular weight is 736 g/mol. The van der Waals surface area contributed by atoms with Crippen molar-refractivity contribution in [2.45, 2.75) is 57.2 Å². The van der Waals surface area contributed by atoms with Crippen LogP contribution in [-0.2, 0) is 37.9 Å². The lowest BCUT2D eigenvalue weighted by atomic mass is 9.77. The lowest BCUT2D eigenvalue weighted by molar-refractivity contribution is -0.198. The number of aliphatic hydroxyl groups is 1. The molecule has 0 saturated carbocycles. The van der Waals surface area contributed by atoms with Crippen molar-refractivity contribution in [3.05, 3.63) is 191 Å². The van der Waals surface area contributed by atoms with Gasteiger partial charge in [0.15, 0.2) is 0 Å². The van der Waals surface area contributed by atoms with Crippen molar-refractivity contribution in [2.75, 3.05) is 19.7 Å². The summed E-state index contributed by atoms with van der Waals surface area (Å²) >= 11 is 0. The molecule has 1 N–H and O–H groups in total. The summed E-state index contributed by atoms with van der Waals surface area (Å²) in [6.45, 7) is 6.74. The minimum Gasteiger partial charge on any atom is -0.427 e. The fourth-order valence-corrected chi connectivity index (χ4v) is 7.69. The van der Waals surface area contributed by atoms with E-state index in [0.717, 1.165) is 38.8 Å². The van der Waals surface area contributed by atoms with Gasteiger partial charge < -0.3 is 24.2 Å². The number of fused-ring (bicyclic) bond motifs is 1. The summed E-state index contributed by atoms with van der Waals surface area (Å²) in [5, 5.41) is 13.9. The Bertz CT molecular complexity index is 2040. The maximum absolute atomic E-state index is 13.2. The van der Waals surface area contributed by atoms with E-state index in [1.165, 1.54) is 5.39 Å². The first-order valence-corrected chi connectivity index (χ1v) is 19.0. The Labute approximate surface area is 324 Å². The van der Waals surface area contributed by atoms with E-state index in [9.17, 15) is 9.90 Å². The van der Waals surface area contributed by atoms with Gasteiger partial charge in [-0.15, -0.1) is 5.06 Å². The van der Waals surface area contributed by atoms with Crippen LogP contribution < -0.4 is 0 Å². The lowest BCUT2D eigenvalue weighted by Gasteiger charge is -2.44. The number of aliphatic hydroxyl groups excluding tert-OH is 1. The molecular formula is C48H49NO6. The van der Waals surface area contributed by atoms with Gasteiger partial charge in [-0.3, -0.25) is 0 Å². The molecule has 0 bridgehead atoms. The number of benzene rings is 6. The first kappa shape index (κ1) is 38.0. The molecule has 1 saturated heterocycles. The largest absolute Gasteiger partial charge is 0.528 e. The molecule has 3 atom stereocenters. The fraction of sp³-hybridized carbons (Fsp3) is 0.271. The molecule has 0 spiro atoms. The third-order valence-electron chi connectivity index (χ3n) is 10.2. The molecule has 0 radical (unpaired) electrons. The van der Waals surface area contributed by atoms with Crippen molar-refractivity contribution in [2.24, 2.45) is 5.92 Å². The van der Waals surface area contributed by atoms with Gasteiger partial charge in [0.2, 0.25) is 0 Å². The number of hydrogen-bond donors (Lipinski definition) is 1. The summed E-state index contributed by atoms with van der Waals surface area (Å²) in [4.78, 5) is 19.1. The second-order valence-electron chi connectivity index (χ2n) is 15.2. The first-order chi connectivity index (χ1) is 26.7. The van der Waals surface area contributed by atoms with E-state index < -0.39 is 23.5 Å². The van der Waals surface area contributed by atoms with Gasteiger partial charge in [-0.25, -0.2) is 4.79 Å². The summed E-state index contributed by atoms with van der Waals surface area (Å²) < 4.78 is 19.9. The van der Waals surface area contributed by atoms with E-state index in [2.05, 4.69) is 78.9 Å². The van der Waals surface area contributed by atoms with Gasteiger partial charge in [0.05, 0.1) is 32.5 Å². The van der Waals surface area contributed by atoms with Gasteiger partial charge in [0.1, 0.15) is 11.2 Å². The highest BCUT2D eigenvalue weighted by atomic mass is 16.8. The van der Waals surface area contributed by atoms with E-state index in [-0.39, 0.29) is 25.0 Å². The number of hydrogen-bond acceptors (Lipinski definition) is 7. The summed E-state index contributed by atoms with van der Waals surface area (Å²) in [5.74, 6) is -0.375. The lowest BCUT2D eigenvalue weighted by Crippen LogP contribution is -2.52. The Kier molecular flexibility index (Phi) is 11.7. The van der Waals surface area contributed by atoms with Gasteiger partial charge in [-0.05, 0) is 71.0 Å². The molecule has 0 aromatic heterocycles. The SMILES string of the molecule is CC(C)(C)OC(=O)ON1CC(COC(c2ccccc2)(c2ccccc2)c2ccccc2)C(c2ccc(CO)cc2)C(OCc2ccc3ccccc3c2)C1. The molecule has 3 unspecified atom stereocenters. The number of hydroxylamine groups is 2. The highest BCUT2D eigenvalue weighted by Crippen LogP contribution is 2.43. The molecule has 282 valence electrons. The number of ether oxygens (including phenoxy) is 3. The van der Waals surface area contributed by atoms with Crippen LogP contribution >= 0.6 is 0 Å². The van der Waals surface area contributed by atoms with Gasteiger partial charge in [0, 0.05) is 18.4 Å². The number of carbonyl (C=O) groups is 1. The topological polar surface area (TPSA) is 77.5 Å². The van der Waals surface area contributed by atoms with Crippen molar-refractivity contribution < 1.29 is 28.9 Å². The van der Waals surface area contributed by atoms with Crippen molar-refractivity contribution in [3.63, 3.8) is 0 Å². The first-order valence-electron chi connectivity index (χ1n) is 19.0. The summed E-state index contributed by atoms with van der Waals surface area (Å²) in [7, 11) is 0. The molecular weight excluding hydrogens is 687 g/mol. The predicted octanol–water partition coefficient (Wildman–Crippen LogP) is 9.81. The molecule has 7 nitrogen and oxygen atoms in total. The van der Waals surface area contributed by atoms with Crippen molar-refractivity contribution >= 4 is 16.9 Å². The Morgan fingerprint density at radius 1 is 0.673 bits per heavy atom. The van der Waals surface area contributed by atoms with Gasteiger partial charge in [-0.1, -0.05) is 152 Å². The summed E-state index contributed by atoms with van der Waals surface area (Å²) in [6.07, 6.45) is -1.17. The summed E-state index contributed by atoms with van der Waals surface area (Å²) in [5.41, 5.74) is 4.24. The van der Waals surface area contributed by atoms with Crippen LogP contribution in [0.4, 0.5) is 4.79 Å². The van der Waals surface area contributed by atoms with Gasteiger partial charge in [0.25, 0.3) is 0 Å². The predicted molar refractivity (Wildman–Crippen MR) is 215 cm³/mol. The van der Waals surface area contributed by atoms with Crippen LogP contribution in [0.3, 0.4) is 0 Å². The molecule has 55 heavy (non-hydrogen) atoms. The Balaban J connectivity index is 1.29. The molecule has 1 fully saturated rings. The maximum Gasteiger partial charge on any atom is 0.528 e. The van der Waals surface area contributed by atoms with Crippen LogP contribution in [0.2, 0.25) is 0 Å². The van der Waals surface area contributed by atoms with Crippen LogP contribution in [0.25, 0.3) is 10.8 Å². The van der Waals surface area contributed by atoms with E-state index in [1.807, 2.05) is 99.6 Å². The van der Waals surface area contributed by atoms with E-state index in [1.54, 1.807) is 5.06 Å². The quantitative estimate of drug-likeness (QED) is 0.0991. The van der Waals surface area contributed by atoms with Gasteiger partial charge in [-0.2, -0.15) is 0 Å². The highest BCUT2D eigenvalue weighted by molar-refractivity contribution is 5.82. The number of carbonyl (C=O) groups excluding carboxylic acids is 1. The molecule has 7 heteroatoms. The average Bonchev–Trinajstić information content (AvgIpc) is 3.21. The third kappa shape index (κ3) is 8.98.